The van der Waals surface area contributed by atoms with E-state index in [4.69, 9.17) is 19.6 Å². The van der Waals surface area contributed by atoms with E-state index in [1.54, 1.807) is 0 Å². The fraction of sp³-hybridized carbons (Fsp3) is 0.875. The smallest absolute Gasteiger partial charge is 0.239 e. The predicted molar refractivity (Wildman–Crippen MR) is 46.4 cm³/mol. The zero-order valence-electron chi connectivity index (χ0n) is 7.92. The highest BCUT2D eigenvalue weighted by atomic mass is 16.7. The summed E-state index contributed by atoms with van der Waals surface area (Å²) in [4.78, 5) is 0. The first-order valence-corrected chi connectivity index (χ1v) is 4.20. The van der Waals surface area contributed by atoms with Crippen LogP contribution in [0.25, 0.3) is 0 Å². The fourth-order valence-corrected chi connectivity index (χ4v) is 0.726. The summed E-state index contributed by atoms with van der Waals surface area (Å²) in [5.41, 5.74) is 0. The van der Waals surface area contributed by atoms with E-state index in [9.17, 15) is 0 Å². The molecule has 72 valence electrons. The van der Waals surface area contributed by atoms with Gasteiger partial charge in [-0.25, -0.2) is 0 Å². The molecule has 1 N–H and O–H groups in total. The van der Waals surface area contributed by atoms with E-state index < -0.39 is 6.29 Å². The second-order valence-corrected chi connectivity index (χ2v) is 2.04. The van der Waals surface area contributed by atoms with Gasteiger partial charge in [0.05, 0.1) is 6.61 Å². The van der Waals surface area contributed by atoms with Crippen LogP contribution in [0.5, 0.6) is 0 Å². The highest BCUT2D eigenvalue weighted by molar-refractivity contribution is 5.76. The van der Waals surface area contributed by atoms with Gasteiger partial charge in [0.25, 0.3) is 0 Å². The molecule has 0 bridgehead atoms. The zero-order valence-corrected chi connectivity index (χ0v) is 7.92. The van der Waals surface area contributed by atoms with Gasteiger partial charge in [-0.05, 0) is 20.8 Å². The number of nitrogens with one attached hydrogen (secondary N) is 1. The third-order valence-electron chi connectivity index (χ3n) is 1.15. The second kappa shape index (κ2) is 7.06. The molecule has 0 rings (SSSR count). The SMILES string of the molecule is CCOC(=N)C(OCC)OCC. The molecule has 12 heavy (non-hydrogen) atoms. The Morgan fingerprint density at radius 2 is 1.58 bits per heavy atom. The van der Waals surface area contributed by atoms with Crippen LogP contribution in [-0.4, -0.2) is 32.0 Å². The van der Waals surface area contributed by atoms with Gasteiger partial charge in [-0.15, -0.1) is 0 Å². The minimum absolute atomic E-state index is 0.0428. The largest absolute Gasteiger partial charge is 0.478 e. The minimum atomic E-state index is -0.639. The summed E-state index contributed by atoms with van der Waals surface area (Å²) in [5, 5.41) is 7.38. The van der Waals surface area contributed by atoms with Crippen molar-refractivity contribution in [2.75, 3.05) is 19.8 Å². The van der Waals surface area contributed by atoms with Crippen molar-refractivity contribution < 1.29 is 14.2 Å². The Hall–Kier alpha value is -0.610. The molecule has 0 aromatic heterocycles. The molecule has 0 saturated heterocycles. The normalized spacial score (nSPS) is 10.3. The Balaban J connectivity index is 3.81. The van der Waals surface area contributed by atoms with Crippen LogP contribution in [0.3, 0.4) is 0 Å². The van der Waals surface area contributed by atoms with Crippen LogP contribution in [0.4, 0.5) is 0 Å². The molecule has 0 spiro atoms. The summed E-state index contributed by atoms with van der Waals surface area (Å²) < 4.78 is 15.2. The molecule has 0 aliphatic carbocycles. The van der Waals surface area contributed by atoms with Gasteiger partial charge >= 0.3 is 0 Å². The maximum absolute atomic E-state index is 7.38. The van der Waals surface area contributed by atoms with Crippen molar-refractivity contribution >= 4 is 5.90 Å². The highest BCUT2D eigenvalue weighted by Gasteiger charge is 2.15. The number of hydrogen-bond donors (Lipinski definition) is 1. The molecule has 4 nitrogen and oxygen atoms in total. The molecule has 0 unspecified atom stereocenters. The van der Waals surface area contributed by atoms with Gasteiger partial charge in [-0.3, -0.25) is 5.41 Å². The maximum Gasteiger partial charge on any atom is 0.239 e. The number of ether oxygens (including phenoxy) is 3. The molecule has 0 aliphatic heterocycles. The number of rotatable bonds is 6. The van der Waals surface area contributed by atoms with E-state index in [2.05, 4.69) is 0 Å². The topological polar surface area (TPSA) is 51.5 Å². The zero-order chi connectivity index (χ0) is 9.40. The summed E-state index contributed by atoms with van der Waals surface area (Å²) in [7, 11) is 0. The van der Waals surface area contributed by atoms with Crippen molar-refractivity contribution in [1.82, 2.24) is 0 Å². The summed E-state index contributed by atoms with van der Waals surface area (Å²) in [6.07, 6.45) is -0.639. The van der Waals surface area contributed by atoms with Gasteiger partial charge in [-0.2, -0.15) is 0 Å². The monoisotopic (exact) mass is 175 g/mol. The summed E-state index contributed by atoms with van der Waals surface area (Å²) in [5.74, 6) is 0.0428. The molecule has 4 heteroatoms. The van der Waals surface area contributed by atoms with Crippen molar-refractivity contribution in [3.8, 4) is 0 Å². The molecule has 0 heterocycles. The van der Waals surface area contributed by atoms with Crippen LogP contribution in [0.1, 0.15) is 20.8 Å². The Kier molecular flexibility index (Phi) is 6.70. The van der Waals surface area contributed by atoms with E-state index >= 15 is 0 Å². The molecule has 0 aliphatic rings. The van der Waals surface area contributed by atoms with Crippen molar-refractivity contribution in [1.29, 1.82) is 5.41 Å². The van der Waals surface area contributed by atoms with Gasteiger partial charge in [0.1, 0.15) is 0 Å². The first-order chi connectivity index (χ1) is 5.76. The quantitative estimate of drug-likeness (QED) is 0.377. The van der Waals surface area contributed by atoms with E-state index in [0.29, 0.717) is 19.8 Å². The third-order valence-corrected chi connectivity index (χ3v) is 1.15. The maximum atomic E-state index is 7.38. The van der Waals surface area contributed by atoms with Crippen molar-refractivity contribution in [3.63, 3.8) is 0 Å². The van der Waals surface area contributed by atoms with E-state index in [1.807, 2.05) is 20.8 Å². The average molecular weight is 175 g/mol. The van der Waals surface area contributed by atoms with Crippen molar-refractivity contribution in [2.45, 2.75) is 27.1 Å². The average Bonchev–Trinajstić information content (AvgIpc) is 2.04. The Morgan fingerprint density at radius 3 is 1.92 bits per heavy atom. The molecule has 0 radical (unpaired) electrons. The molecule has 0 amide bonds. The van der Waals surface area contributed by atoms with Crippen LogP contribution in [0.2, 0.25) is 0 Å². The van der Waals surface area contributed by atoms with Crippen LogP contribution in [-0.2, 0) is 14.2 Å². The van der Waals surface area contributed by atoms with Gasteiger partial charge < -0.3 is 14.2 Å². The summed E-state index contributed by atoms with van der Waals surface area (Å²) >= 11 is 0. The summed E-state index contributed by atoms with van der Waals surface area (Å²) in [6, 6.07) is 0. The lowest BCUT2D eigenvalue weighted by Gasteiger charge is -2.16. The fourth-order valence-electron chi connectivity index (χ4n) is 0.726. The first-order valence-electron chi connectivity index (χ1n) is 4.20. The van der Waals surface area contributed by atoms with Gasteiger partial charge in [0.15, 0.2) is 0 Å². The lowest BCUT2D eigenvalue weighted by Crippen LogP contribution is -2.29. The first kappa shape index (κ1) is 11.4. The second-order valence-electron chi connectivity index (χ2n) is 2.04. The number of hydrogen-bond acceptors (Lipinski definition) is 4. The lowest BCUT2D eigenvalue weighted by molar-refractivity contribution is -0.102. The molecule has 0 fully saturated rings. The molecule has 0 saturated carbocycles. The Bertz CT molecular complexity index is 121. The van der Waals surface area contributed by atoms with Crippen molar-refractivity contribution in [2.24, 2.45) is 0 Å². The molecule has 0 atom stereocenters. The Morgan fingerprint density at radius 1 is 1.08 bits per heavy atom. The molecular weight excluding hydrogens is 158 g/mol. The van der Waals surface area contributed by atoms with Crippen molar-refractivity contribution in [3.05, 3.63) is 0 Å². The van der Waals surface area contributed by atoms with E-state index in [1.165, 1.54) is 0 Å². The summed E-state index contributed by atoms with van der Waals surface area (Å²) in [6.45, 7) is 7.02. The van der Waals surface area contributed by atoms with E-state index in [0.717, 1.165) is 0 Å². The van der Waals surface area contributed by atoms with Crippen LogP contribution in [0.15, 0.2) is 0 Å². The Labute approximate surface area is 73.3 Å². The molecule has 0 aromatic carbocycles. The van der Waals surface area contributed by atoms with Gasteiger partial charge in [0.2, 0.25) is 12.2 Å². The molecular formula is C8H17NO3. The third kappa shape index (κ3) is 4.31. The van der Waals surface area contributed by atoms with Gasteiger partial charge in [0, 0.05) is 13.2 Å². The molecule has 0 aromatic rings. The van der Waals surface area contributed by atoms with Crippen LogP contribution < -0.4 is 0 Å². The van der Waals surface area contributed by atoms with E-state index in [-0.39, 0.29) is 5.90 Å². The highest BCUT2D eigenvalue weighted by Crippen LogP contribution is 1.98. The van der Waals surface area contributed by atoms with Gasteiger partial charge in [-0.1, -0.05) is 0 Å². The standard InChI is InChI=1S/C8H17NO3/c1-4-10-7(9)8(11-5-2)12-6-3/h8-9H,4-6H2,1-3H3. The lowest BCUT2D eigenvalue weighted by atomic mass is 10.6. The minimum Gasteiger partial charge on any atom is -0.478 e. The van der Waals surface area contributed by atoms with Crippen LogP contribution >= 0.6 is 0 Å². The van der Waals surface area contributed by atoms with Crippen LogP contribution in [0, 0.1) is 5.41 Å². The predicted octanol–water partition coefficient (Wildman–Crippen LogP) is 1.40.